The first-order valence-electron chi connectivity index (χ1n) is 3.67. The van der Waals surface area contributed by atoms with Gasteiger partial charge < -0.3 is 4.74 Å². The number of hydrogen-bond donors (Lipinski definition) is 0. The van der Waals surface area contributed by atoms with Gasteiger partial charge >= 0.3 is 0 Å². The van der Waals surface area contributed by atoms with Crippen LogP contribution in [0.5, 0.6) is 0 Å². The molecule has 0 aromatic heterocycles. The third-order valence-corrected chi connectivity index (χ3v) is 0.767. The SMILES string of the molecule is C=[C-]/C=C\C(=C)COC.CC.[No]. The van der Waals surface area contributed by atoms with Gasteiger partial charge in [0.05, 0.1) is 6.61 Å². The second-order valence-corrected chi connectivity index (χ2v) is 1.63. The van der Waals surface area contributed by atoms with Crippen molar-refractivity contribution in [2.45, 2.75) is 13.8 Å². The van der Waals surface area contributed by atoms with Gasteiger partial charge in [0, 0.05) is 7.11 Å². The van der Waals surface area contributed by atoms with E-state index in [0.29, 0.717) is 6.61 Å². The van der Waals surface area contributed by atoms with Crippen LogP contribution in [0.25, 0.3) is 0 Å². The molecule has 0 saturated heterocycles. The molecule has 12 heavy (non-hydrogen) atoms. The molecule has 0 saturated carbocycles. The van der Waals surface area contributed by atoms with Gasteiger partial charge in [-0.15, -0.1) is 12.2 Å². The van der Waals surface area contributed by atoms with Gasteiger partial charge in [0.2, 0.25) is 0 Å². The molecular formula is C10H17NoO-. The number of rotatable bonds is 4. The van der Waals surface area contributed by atoms with Crippen molar-refractivity contribution >= 4 is 0 Å². The van der Waals surface area contributed by atoms with Crippen LogP contribution in [0.2, 0.25) is 0 Å². The number of hydrogen-bond acceptors (Lipinski definition) is 1. The Labute approximate surface area is 70.1 Å². The van der Waals surface area contributed by atoms with Gasteiger partial charge in [-0.05, 0) is 0 Å². The zero-order valence-corrected chi connectivity index (χ0v) is 10.2. The zero-order valence-electron chi connectivity index (χ0n) is 7.95. The third kappa shape index (κ3) is 15.7. The average Bonchev–Trinajstić information content (AvgIpc) is 2.05. The summed E-state index contributed by atoms with van der Waals surface area (Å²) in [7, 11) is 1.64. The normalized spacial score (nSPS) is 7.92. The van der Waals surface area contributed by atoms with Crippen LogP contribution in [0.4, 0.5) is 0 Å². The molecule has 0 fully saturated rings. The van der Waals surface area contributed by atoms with E-state index in [-0.39, 0.29) is 0 Å². The minimum absolute atomic E-state index is 0. The second-order valence-electron chi connectivity index (χ2n) is 1.63. The summed E-state index contributed by atoms with van der Waals surface area (Å²) in [5.41, 5.74) is 0.925. The molecule has 0 amide bonds. The summed E-state index contributed by atoms with van der Waals surface area (Å²) < 4.78 is 4.80. The van der Waals surface area contributed by atoms with Crippen molar-refractivity contribution in [1.82, 2.24) is 0 Å². The Morgan fingerprint density at radius 2 is 2.00 bits per heavy atom. The van der Waals surface area contributed by atoms with E-state index in [1.165, 1.54) is 0 Å². The number of ether oxygens (including phenoxy) is 1. The Morgan fingerprint density at radius 3 is 2.33 bits per heavy atom. The monoisotopic (exact) mass is 412 g/mol. The molecule has 0 aliphatic heterocycles. The molecule has 0 rings (SSSR count). The fourth-order valence-corrected chi connectivity index (χ4v) is 0.410. The first-order valence-corrected chi connectivity index (χ1v) is 3.67. The van der Waals surface area contributed by atoms with Crippen molar-refractivity contribution in [2.75, 3.05) is 13.7 Å². The standard InChI is InChI=1S/C8H11O.C2H6.No/c1-4-5-6-8(2)7-9-3;1-2;/h5-6H,1-2,7H2,3H3;1-2H3;/q-1;;/b6-5-;;. The molecule has 0 spiro atoms. The van der Waals surface area contributed by atoms with E-state index in [9.17, 15) is 0 Å². The van der Waals surface area contributed by atoms with E-state index in [4.69, 9.17) is 4.74 Å². The van der Waals surface area contributed by atoms with Gasteiger partial charge in [0.25, 0.3) is 0 Å². The summed E-state index contributed by atoms with van der Waals surface area (Å²) >= 11 is 0. The van der Waals surface area contributed by atoms with Gasteiger partial charge in [-0.2, -0.15) is 6.58 Å². The Kier molecular flexibility index (Phi) is 22.3. The van der Waals surface area contributed by atoms with Crippen LogP contribution in [0.15, 0.2) is 30.9 Å². The van der Waals surface area contributed by atoms with Crippen LogP contribution in [0, 0.1) is 6.08 Å². The molecule has 0 aromatic rings. The number of methoxy groups -OCH3 is 1. The van der Waals surface area contributed by atoms with Crippen molar-refractivity contribution < 1.29 is 4.74 Å². The fourth-order valence-electron chi connectivity index (χ4n) is 0.410. The van der Waals surface area contributed by atoms with Crippen LogP contribution in [-0.2, 0) is 4.74 Å². The second kappa shape index (κ2) is 16.1. The molecule has 0 atom stereocenters. The molecule has 1 nitrogen and oxygen atoms in total. The summed E-state index contributed by atoms with van der Waals surface area (Å²) in [4.78, 5) is 0. The van der Waals surface area contributed by atoms with Crippen molar-refractivity contribution in [1.29, 1.82) is 0 Å². The summed E-state index contributed by atoms with van der Waals surface area (Å²) in [6.45, 7) is 11.7. The van der Waals surface area contributed by atoms with E-state index >= 15 is 0 Å². The zero-order chi connectivity index (χ0) is 9.11. The largest absolute Gasteiger partial charge is 0.382 e. The Morgan fingerprint density at radius 1 is 1.50 bits per heavy atom. The predicted molar refractivity (Wildman–Crippen MR) is 50.4 cm³/mol. The molecule has 0 radical (unpaired) electrons. The Hall–Kier alpha value is -1.82. The van der Waals surface area contributed by atoms with Gasteiger partial charge in [0.15, 0.2) is 0 Å². The van der Waals surface area contributed by atoms with E-state index < -0.39 is 0 Å². The van der Waals surface area contributed by atoms with E-state index in [2.05, 4.69) is 19.2 Å². The van der Waals surface area contributed by atoms with Crippen molar-refractivity contribution in [3.05, 3.63) is 37.0 Å². The summed E-state index contributed by atoms with van der Waals surface area (Å²) in [5.74, 6) is 0. The molecule has 0 aromatic carbocycles. The van der Waals surface area contributed by atoms with Crippen LogP contribution >= 0.6 is 0 Å². The maximum atomic E-state index is 4.80. The molecule has 78 valence electrons. The molecule has 0 aliphatic rings. The first-order chi connectivity index (χ1) is 5.31. The summed E-state index contributed by atoms with van der Waals surface area (Å²) in [5, 5.41) is 0. The van der Waals surface area contributed by atoms with E-state index in [1.54, 1.807) is 13.2 Å². The first kappa shape index (κ1) is 16.6. The third-order valence-electron chi connectivity index (χ3n) is 0.767. The Balaban J connectivity index is -0.000000249. The quantitative estimate of drug-likeness (QED) is 0.510. The summed E-state index contributed by atoms with van der Waals surface area (Å²) in [6, 6.07) is 0. The molecule has 2 heteroatoms. The topological polar surface area (TPSA) is 9.23 Å². The maximum absolute atomic E-state index is 4.80. The molecule has 0 N–H and O–H groups in total. The minimum Gasteiger partial charge on any atom is -0.382 e. The smallest absolute Gasteiger partial charge is 0.0544 e. The van der Waals surface area contributed by atoms with Gasteiger partial charge in [-0.3, -0.25) is 6.08 Å². The van der Waals surface area contributed by atoms with E-state index in [1.807, 2.05) is 19.9 Å². The Bertz CT molecular complexity index is 128. The maximum Gasteiger partial charge on any atom is 0.0544 e. The molecule has 0 unspecified atom stereocenters. The van der Waals surface area contributed by atoms with Crippen LogP contribution in [-0.4, -0.2) is 13.7 Å². The van der Waals surface area contributed by atoms with Crippen molar-refractivity contribution in [2.24, 2.45) is 0 Å². The van der Waals surface area contributed by atoms with Crippen LogP contribution < -0.4 is 0 Å². The van der Waals surface area contributed by atoms with Crippen LogP contribution in [0.1, 0.15) is 13.8 Å². The van der Waals surface area contributed by atoms with Gasteiger partial charge in [0.1, 0.15) is 0 Å². The molecule has 0 bridgehead atoms. The molecular weight excluding hydrogens is 395 g/mol. The van der Waals surface area contributed by atoms with Gasteiger partial charge in [-0.1, -0.05) is 13.8 Å². The summed E-state index contributed by atoms with van der Waals surface area (Å²) in [6.07, 6.45) is 6.14. The minimum atomic E-state index is 0. The predicted octanol–water partition coefficient (Wildman–Crippen LogP) is 2.76. The van der Waals surface area contributed by atoms with Crippen molar-refractivity contribution in [3.8, 4) is 0 Å². The average molecular weight is 412 g/mol. The number of allylic oxidation sites excluding steroid dienone is 2. The fraction of sp³-hybridized carbons (Fsp3) is 0.400. The van der Waals surface area contributed by atoms with E-state index in [0.717, 1.165) is 5.57 Å². The van der Waals surface area contributed by atoms with Crippen molar-refractivity contribution in [3.63, 3.8) is 0 Å². The van der Waals surface area contributed by atoms with Gasteiger partial charge in [-0.25, -0.2) is 12.2 Å². The molecule has 0 aliphatic carbocycles. The van der Waals surface area contributed by atoms with Crippen LogP contribution in [0.3, 0.4) is 0 Å². The molecule has 0 heterocycles.